The quantitative estimate of drug-likeness (QED) is 0.329. The van der Waals surface area contributed by atoms with E-state index in [1.807, 2.05) is 61.5 Å². The lowest BCUT2D eigenvalue weighted by molar-refractivity contribution is -0.118. The highest BCUT2D eigenvalue weighted by atomic mass is 35.5. The molecular formula is C25H20Cl2N4O2S. The van der Waals surface area contributed by atoms with Crippen LogP contribution in [-0.4, -0.2) is 28.1 Å². The van der Waals surface area contributed by atoms with Crippen molar-refractivity contribution in [3.05, 3.63) is 99.5 Å². The zero-order valence-electron chi connectivity index (χ0n) is 18.1. The molecule has 1 heterocycles. The average Bonchev–Trinajstić information content (AvgIpc) is 3.27. The first-order valence-electron chi connectivity index (χ1n) is 10.4. The minimum atomic E-state index is -0.862. The molecule has 0 aliphatic rings. The zero-order valence-corrected chi connectivity index (χ0v) is 20.4. The fourth-order valence-electron chi connectivity index (χ4n) is 3.35. The highest BCUT2D eigenvalue weighted by Gasteiger charge is 2.24. The molecule has 2 amide bonds. The van der Waals surface area contributed by atoms with Crippen LogP contribution in [-0.2, 0) is 11.2 Å². The van der Waals surface area contributed by atoms with E-state index in [1.54, 1.807) is 0 Å². The van der Waals surface area contributed by atoms with Crippen molar-refractivity contribution in [2.75, 3.05) is 5.32 Å². The molecule has 0 saturated heterocycles. The van der Waals surface area contributed by atoms with Gasteiger partial charge in [-0.2, -0.15) is 0 Å². The minimum Gasteiger partial charge on any atom is -0.340 e. The van der Waals surface area contributed by atoms with E-state index < -0.39 is 17.9 Å². The summed E-state index contributed by atoms with van der Waals surface area (Å²) in [5.41, 5.74) is 3.18. The minimum absolute atomic E-state index is 0.265. The van der Waals surface area contributed by atoms with Gasteiger partial charge in [0.15, 0.2) is 0 Å². The number of hydrogen-bond donors (Lipinski definition) is 2. The number of nitrogens with zero attached hydrogens (tertiary/aromatic N) is 2. The topological polar surface area (TPSA) is 84.0 Å². The molecule has 0 aliphatic carbocycles. The largest absolute Gasteiger partial charge is 0.340 e. The predicted molar refractivity (Wildman–Crippen MR) is 137 cm³/mol. The van der Waals surface area contributed by atoms with E-state index in [0.717, 1.165) is 16.7 Å². The van der Waals surface area contributed by atoms with Crippen LogP contribution in [0.25, 0.3) is 10.6 Å². The van der Waals surface area contributed by atoms with Crippen LogP contribution >= 0.6 is 34.5 Å². The number of hydrogen-bond acceptors (Lipinski definition) is 5. The molecule has 172 valence electrons. The second kappa shape index (κ2) is 10.8. The van der Waals surface area contributed by atoms with Gasteiger partial charge in [-0.05, 0) is 36.8 Å². The van der Waals surface area contributed by atoms with E-state index in [2.05, 4.69) is 20.8 Å². The normalized spacial score (nSPS) is 11.6. The Kier molecular flexibility index (Phi) is 7.57. The molecule has 1 aromatic heterocycles. The first-order chi connectivity index (χ1) is 16.4. The van der Waals surface area contributed by atoms with E-state index >= 15 is 0 Å². The first kappa shape index (κ1) is 23.9. The second-order valence-corrected chi connectivity index (χ2v) is 9.50. The second-order valence-electron chi connectivity index (χ2n) is 7.64. The Morgan fingerprint density at radius 2 is 1.68 bits per heavy atom. The van der Waals surface area contributed by atoms with Gasteiger partial charge in [-0.15, -0.1) is 10.2 Å². The molecule has 0 saturated carbocycles. The summed E-state index contributed by atoms with van der Waals surface area (Å²) in [5.74, 6) is -0.865. The van der Waals surface area contributed by atoms with Gasteiger partial charge in [-0.25, -0.2) is 0 Å². The van der Waals surface area contributed by atoms with Crippen LogP contribution < -0.4 is 10.6 Å². The number of amides is 2. The maximum Gasteiger partial charge on any atom is 0.252 e. The van der Waals surface area contributed by atoms with Crippen molar-refractivity contribution < 1.29 is 9.59 Å². The molecule has 0 bridgehead atoms. The van der Waals surface area contributed by atoms with Gasteiger partial charge in [0, 0.05) is 27.6 Å². The Balaban J connectivity index is 1.53. The first-order valence-corrected chi connectivity index (χ1v) is 12.0. The summed E-state index contributed by atoms with van der Waals surface area (Å²) in [6, 6.07) is 21.0. The lowest BCUT2D eigenvalue weighted by Crippen LogP contribution is -2.45. The van der Waals surface area contributed by atoms with Crippen LogP contribution in [0.1, 0.15) is 21.5 Å². The molecule has 34 heavy (non-hydrogen) atoms. The van der Waals surface area contributed by atoms with Crippen LogP contribution in [0.15, 0.2) is 72.8 Å². The molecule has 0 spiro atoms. The Labute approximate surface area is 211 Å². The van der Waals surface area contributed by atoms with Crippen molar-refractivity contribution in [3.63, 3.8) is 0 Å². The van der Waals surface area contributed by atoms with Gasteiger partial charge in [0.1, 0.15) is 11.0 Å². The van der Waals surface area contributed by atoms with Crippen LogP contribution in [0.2, 0.25) is 10.0 Å². The van der Waals surface area contributed by atoms with Crippen molar-refractivity contribution in [2.24, 2.45) is 0 Å². The summed E-state index contributed by atoms with van der Waals surface area (Å²) in [7, 11) is 0. The Bertz CT molecular complexity index is 1310. The van der Waals surface area contributed by atoms with E-state index in [9.17, 15) is 9.59 Å². The van der Waals surface area contributed by atoms with Gasteiger partial charge in [-0.1, -0.05) is 88.6 Å². The zero-order chi connectivity index (χ0) is 24.1. The number of nitrogens with one attached hydrogen (secondary N) is 2. The SMILES string of the molecule is Cc1cccc(-c2nnc(NC(=O)C(Cc3ccccc3)NC(=O)c3cc(Cl)cc(Cl)c3)s2)c1. The van der Waals surface area contributed by atoms with Crippen LogP contribution in [0.5, 0.6) is 0 Å². The molecule has 9 heteroatoms. The van der Waals surface area contributed by atoms with Gasteiger partial charge in [-0.3, -0.25) is 14.9 Å². The van der Waals surface area contributed by atoms with E-state index in [1.165, 1.54) is 29.5 Å². The van der Waals surface area contributed by atoms with Crippen molar-refractivity contribution >= 4 is 51.5 Å². The lowest BCUT2D eigenvalue weighted by Gasteiger charge is -2.18. The molecule has 4 rings (SSSR count). The standard InChI is InChI=1S/C25H20Cl2N4O2S/c1-15-6-5-9-17(10-15)24-30-31-25(34-24)29-23(33)21(11-16-7-3-2-4-8-16)28-22(32)18-12-19(26)14-20(27)13-18/h2-10,12-14,21H,11H2,1H3,(H,28,32)(H,29,31,33). The number of rotatable bonds is 7. The van der Waals surface area contributed by atoms with Gasteiger partial charge in [0.05, 0.1) is 0 Å². The number of halogens is 2. The summed E-state index contributed by atoms with van der Waals surface area (Å²) in [6.45, 7) is 2.00. The molecule has 3 aromatic carbocycles. The summed E-state index contributed by atoms with van der Waals surface area (Å²) < 4.78 is 0. The Morgan fingerprint density at radius 3 is 2.38 bits per heavy atom. The molecule has 0 radical (unpaired) electrons. The summed E-state index contributed by atoms with van der Waals surface area (Å²) in [4.78, 5) is 26.1. The van der Waals surface area contributed by atoms with Crippen molar-refractivity contribution in [2.45, 2.75) is 19.4 Å². The number of carbonyl (C=O) groups excluding carboxylic acids is 2. The van der Waals surface area contributed by atoms with Gasteiger partial charge >= 0.3 is 0 Å². The molecule has 1 unspecified atom stereocenters. The highest BCUT2D eigenvalue weighted by Crippen LogP contribution is 2.27. The maximum atomic E-state index is 13.2. The number of aryl methyl sites for hydroxylation is 1. The number of aromatic nitrogens is 2. The molecular weight excluding hydrogens is 491 g/mol. The third-order valence-electron chi connectivity index (χ3n) is 4.95. The number of anilines is 1. The molecule has 0 aliphatic heterocycles. The Hall–Kier alpha value is -3.26. The summed E-state index contributed by atoms with van der Waals surface area (Å²) in [5, 5.41) is 15.6. The third-order valence-corrected chi connectivity index (χ3v) is 6.27. The number of benzene rings is 3. The third kappa shape index (κ3) is 6.20. The van der Waals surface area contributed by atoms with Gasteiger partial charge < -0.3 is 5.32 Å². The van der Waals surface area contributed by atoms with Gasteiger partial charge in [0.25, 0.3) is 5.91 Å². The van der Waals surface area contributed by atoms with Gasteiger partial charge in [0.2, 0.25) is 11.0 Å². The predicted octanol–water partition coefficient (Wildman–Crippen LogP) is 5.80. The molecule has 0 fully saturated rings. The van der Waals surface area contributed by atoms with Crippen LogP contribution in [0, 0.1) is 6.92 Å². The van der Waals surface area contributed by atoms with Crippen LogP contribution in [0.3, 0.4) is 0 Å². The van der Waals surface area contributed by atoms with Crippen molar-refractivity contribution in [3.8, 4) is 10.6 Å². The monoisotopic (exact) mass is 510 g/mol. The van der Waals surface area contributed by atoms with Crippen LogP contribution in [0.4, 0.5) is 5.13 Å². The lowest BCUT2D eigenvalue weighted by atomic mass is 10.0. The fourth-order valence-corrected chi connectivity index (χ4v) is 4.62. The van der Waals surface area contributed by atoms with E-state index in [0.29, 0.717) is 20.2 Å². The number of carbonyl (C=O) groups is 2. The molecule has 6 nitrogen and oxygen atoms in total. The highest BCUT2D eigenvalue weighted by molar-refractivity contribution is 7.18. The Morgan fingerprint density at radius 1 is 0.941 bits per heavy atom. The van der Waals surface area contributed by atoms with Crippen molar-refractivity contribution in [1.82, 2.24) is 15.5 Å². The summed E-state index contributed by atoms with van der Waals surface area (Å²) >= 11 is 13.3. The smallest absolute Gasteiger partial charge is 0.252 e. The average molecular weight is 511 g/mol. The summed E-state index contributed by atoms with van der Waals surface area (Å²) in [6.07, 6.45) is 0.288. The fraction of sp³-hybridized carbons (Fsp3) is 0.120. The molecule has 2 N–H and O–H groups in total. The molecule has 1 atom stereocenters. The maximum absolute atomic E-state index is 13.2. The van der Waals surface area contributed by atoms with Crippen molar-refractivity contribution in [1.29, 1.82) is 0 Å². The van der Waals surface area contributed by atoms with E-state index in [4.69, 9.17) is 23.2 Å². The van der Waals surface area contributed by atoms with E-state index in [-0.39, 0.29) is 12.0 Å². The molecule has 4 aromatic rings.